The van der Waals surface area contributed by atoms with Crippen LogP contribution in [0.4, 0.5) is 8.78 Å². The molecule has 0 radical (unpaired) electrons. The molecule has 0 saturated carbocycles. The Morgan fingerprint density at radius 1 is 1.04 bits per heavy atom. The van der Waals surface area contributed by atoms with Crippen LogP contribution in [0.25, 0.3) is 10.8 Å². The van der Waals surface area contributed by atoms with Crippen molar-refractivity contribution in [1.29, 1.82) is 5.26 Å². The van der Waals surface area contributed by atoms with Crippen LogP contribution in [0, 0.1) is 23.0 Å². The lowest BCUT2D eigenvalue weighted by atomic mass is 9.93. The highest BCUT2D eigenvalue weighted by atomic mass is 32.2. The lowest BCUT2D eigenvalue weighted by Crippen LogP contribution is -2.12. The molecule has 0 aliphatic heterocycles. The van der Waals surface area contributed by atoms with E-state index in [-0.39, 0.29) is 21.4 Å². The number of hydrogen-bond acceptors (Lipinski definition) is 4. The van der Waals surface area contributed by atoms with Crippen LogP contribution in [0.1, 0.15) is 21.5 Å². The van der Waals surface area contributed by atoms with Crippen molar-refractivity contribution in [2.75, 3.05) is 0 Å². The van der Waals surface area contributed by atoms with Gasteiger partial charge in [0.2, 0.25) is 10.0 Å². The van der Waals surface area contributed by atoms with Crippen LogP contribution in [-0.4, -0.2) is 14.2 Å². The number of rotatable bonds is 3. The summed E-state index contributed by atoms with van der Waals surface area (Å²) in [4.78, 5) is 12.6. The van der Waals surface area contributed by atoms with E-state index in [1.165, 1.54) is 30.3 Å². The molecule has 0 amide bonds. The summed E-state index contributed by atoms with van der Waals surface area (Å²) in [5.41, 5.74) is -0.517. The second kappa shape index (κ2) is 6.29. The molecule has 3 aromatic carbocycles. The van der Waals surface area contributed by atoms with Crippen molar-refractivity contribution in [2.24, 2.45) is 5.14 Å². The van der Waals surface area contributed by atoms with Crippen molar-refractivity contribution in [3.63, 3.8) is 0 Å². The number of carbonyl (C=O) groups excluding carboxylic acids is 1. The molecule has 0 unspecified atom stereocenters. The first-order valence-corrected chi connectivity index (χ1v) is 8.76. The molecular weight excluding hydrogens is 362 g/mol. The highest BCUT2D eigenvalue weighted by molar-refractivity contribution is 7.89. The van der Waals surface area contributed by atoms with Crippen molar-refractivity contribution >= 4 is 26.6 Å². The minimum absolute atomic E-state index is 0.0189. The van der Waals surface area contributed by atoms with Gasteiger partial charge in [-0.25, -0.2) is 22.3 Å². The molecule has 3 aromatic rings. The predicted octanol–water partition coefficient (Wildman–Crippen LogP) is 2.87. The van der Waals surface area contributed by atoms with Gasteiger partial charge in [-0.1, -0.05) is 12.1 Å². The number of nitrogens with two attached hydrogens (primary N) is 1. The normalized spacial score (nSPS) is 11.3. The predicted molar refractivity (Wildman–Crippen MR) is 89.8 cm³/mol. The van der Waals surface area contributed by atoms with E-state index in [1.807, 2.05) is 6.07 Å². The van der Waals surface area contributed by atoms with Gasteiger partial charge in [-0.2, -0.15) is 5.26 Å². The van der Waals surface area contributed by atoms with Crippen LogP contribution in [-0.2, 0) is 10.0 Å². The van der Waals surface area contributed by atoms with E-state index in [4.69, 9.17) is 5.14 Å². The maximum absolute atomic E-state index is 14.0. The smallest absolute Gasteiger partial charge is 0.238 e. The first-order chi connectivity index (χ1) is 12.2. The minimum Gasteiger partial charge on any atom is -0.288 e. The molecule has 0 fully saturated rings. The zero-order chi connectivity index (χ0) is 19.1. The average molecular weight is 372 g/mol. The number of primary sulfonamides is 1. The first-order valence-electron chi connectivity index (χ1n) is 7.22. The minimum atomic E-state index is -3.96. The topological polar surface area (TPSA) is 101 Å². The monoisotopic (exact) mass is 372 g/mol. The maximum atomic E-state index is 14.0. The lowest BCUT2D eigenvalue weighted by Gasteiger charge is -2.10. The fourth-order valence-corrected chi connectivity index (χ4v) is 3.18. The molecule has 5 nitrogen and oxygen atoms in total. The quantitative estimate of drug-likeness (QED) is 0.714. The van der Waals surface area contributed by atoms with Gasteiger partial charge in [-0.3, -0.25) is 4.79 Å². The second-order valence-electron chi connectivity index (χ2n) is 5.48. The fourth-order valence-electron chi connectivity index (χ4n) is 2.63. The molecule has 0 aliphatic carbocycles. The Kier molecular flexibility index (Phi) is 4.28. The fraction of sp³-hybridized carbons (Fsp3) is 0. The average Bonchev–Trinajstić information content (AvgIpc) is 2.58. The third-order valence-electron chi connectivity index (χ3n) is 3.84. The summed E-state index contributed by atoms with van der Waals surface area (Å²) in [6.07, 6.45) is 0. The molecule has 0 atom stereocenters. The molecule has 2 N–H and O–H groups in total. The Morgan fingerprint density at radius 3 is 2.38 bits per heavy atom. The Morgan fingerprint density at radius 2 is 1.77 bits per heavy atom. The van der Waals surface area contributed by atoms with Crippen LogP contribution in [0.5, 0.6) is 0 Å². The van der Waals surface area contributed by atoms with E-state index in [1.54, 1.807) is 0 Å². The molecular formula is C18H10F2N2O3S. The van der Waals surface area contributed by atoms with Gasteiger partial charge in [-0.05, 0) is 41.1 Å². The van der Waals surface area contributed by atoms with E-state index in [9.17, 15) is 27.3 Å². The number of halogens is 2. The van der Waals surface area contributed by atoms with Crippen LogP contribution in [0.3, 0.4) is 0 Å². The van der Waals surface area contributed by atoms with Crippen molar-refractivity contribution < 1.29 is 22.0 Å². The molecule has 0 heterocycles. The molecule has 0 bridgehead atoms. The number of benzene rings is 3. The molecule has 3 rings (SSSR count). The number of nitriles is 1. The standard InChI is InChI=1S/C18H10F2N2O3S/c19-12-3-5-15(16(20)8-12)18(23)17-11(9-21)2-1-10-7-13(26(22,24)25)4-6-14(10)17/h1-8H,(H2,22,24,25). The lowest BCUT2D eigenvalue weighted by molar-refractivity contribution is 0.103. The van der Waals surface area contributed by atoms with Crippen molar-refractivity contribution in [3.05, 3.63) is 76.9 Å². The largest absolute Gasteiger partial charge is 0.288 e. The summed E-state index contributed by atoms with van der Waals surface area (Å²) in [6, 6.07) is 10.9. The summed E-state index contributed by atoms with van der Waals surface area (Å²) in [5.74, 6) is -2.71. The number of sulfonamides is 1. The SMILES string of the molecule is N#Cc1ccc2cc(S(N)(=O)=O)ccc2c1C(=O)c1ccc(F)cc1F. The van der Waals surface area contributed by atoms with Crippen molar-refractivity contribution in [3.8, 4) is 6.07 Å². The van der Waals surface area contributed by atoms with E-state index < -0.39 is 33.0 Å². The molecule has 26 heavy (non-hydrogen) atoms. The van der Waals surface area contributed by atoms with E-state index in [2.05, 4.69) is 0 Å². The zero-order valence-corrected chi connectivity index (χ0v) is 13.8. The third kappa shape index (κ3) is 3.06. The molecule has 0 spiro atoms. The van der Waals surface area contributed by atoms with Gasteiger partial charge in [0.05, 0.1) is 22.1 Å². The van der Waals surface area contributed by atoms with Crippen LogP contribution in [0.2, 0.25) is 0 Å². The highest BCUT2D eigenvalue weighted by Gasteiger charge is 2.21. The van der Waals surface area contributed by atoms with E-state index >= 15 is 0 Å². The number of nitrogens with zero attached hydrogens (tertiary/aromatic N) is 1. The van der Waals surface area contributed by atoms with E-state index in [0.29, 0.717) is 11.5 Å². The van der Waals surface area contributed by atoms with Crippen molar-refractivity contribution in [1.82, 2.24) is 0 Å². The number of ketones is 1. The second-order valence-corrected chi connectivity index (χ2v) is 7.04. The Hall–Kier alpha value is -3.15. The zero-order valence-electron chi connectivity index (χ0n) is 13.0. The van der Waals surface area contributed by atoms with Crippen molar-refractivity contribution in [2.45, 2.75) is 4.90 Å². The third-order valence-corrected chi connectivity index (χ3v) is 4.75. The molecule has 8 heteroatoms. The summed E-state index contributed by atoms with van der Waals surface area (Å²) >= 11 is 0. The van der Waals surface area contributed by atoms with Gasteiger partial charge < -0.3 is 0 Å². The summed E-state index contributed by atoms with van der Waals surface area (Å²) in [7, 11) is -3.96. The van der Waals surface area contributed by atoms with Gasteiger partial charge in [0.1, 0.15) is 11.6 Å². The van der Waals surface area contributed by atoms with E-state index in [0.717, 1.165) is 12.1 Å². The van der Waals surface area contributed by atoms with Crippen LogP contribution in [0.15, 0.2) is 53.4 Å². The Balaban J connectivity index is 2.30. The maximum Gasteiger partial charge on any atom is 0.238 e. The van der Waals surface area contributed by atoms with Crippen LogP contribution < -0.4 is 5.14 Å². The molecule has 130 valence electrons. The Bertz CT molecular complexity index is 1220. The number of carbonyl (C=O) groups is 1. The first kappa shape index (κ1) is 17.7. The van der Waals surface area contributed by atoms with Gasteiger partial charge >= 0.3 is 0 Å². The van der Waals surface area contributed by atoms with Gasteiger partial charge in [0, 0.05) is 11.6 Å². The molecule has 0 aromatic heterocycles. The van der Waals surface area contributed by atoms with Crippen LogP contribution >= 0.6 is 0 Å². The number of fused-ring (bicyclic) bond motifs is 1. The van der Waals surface area contributed by atoms with Gasteiger partial charge in [0.25, 0.3) is 0 Å². The van der Waals surface area contributed by atoms with Gasteiger partial charge in [0.15, 0.2) is 5.78 Å². The van der Waals surface area contributed by atoms with Gasteiger partial charge in [-0.15, -0.1) is 0 Å². The summed E-state index contributed by atoms with van der Waals surface area (Å²) in [6.45, 7) is 0. The highest BCUT2D eigenvalue weighted by Crippen LogP contribution is 2.28. The molecule has 0 aliphatic rings. The Labute approximate surface area is 147 Å². The summed E-state index contributed by atoms with van der Waals surface area (Å²) in [5, 5.41) is 15.0. The summed E-state index contributed by atoms with van der Waals surface area (Å²) < 4.78 is 50.1. The number of hydrogen-bond donors (Lipinski definition) is 1. The molecule has 0 saturated heterocycles.